The van der Waals surface area contributed by atoms with Gasteiger partial charge in [-0.1, -0.05) is 48.0 Å². The Hall–Kier alpha value is -2.70. The Labute approximate surface area is 186 Å². The molecule has 1 aromatic heterocycles. The molecule has 0 radical (unpaired) electrons. The topological polar surface area (TPSA) is 41.6 Å². The second kappa shape index (κ2) is 8.58. The summed E-state index contributed by atoms with van der Waals surface area (Å²) in [5.74, 6) is -0.363. The molecule has 0 unspecified atom stereocenters. The number of hydrogen-bond donors (Lipinski definition) is 1. The van der Waals surface area contributed by atoms with Gasteiger partial charge in [-0.3, -0.25) is 0 Å². The highest BCUT2D eigenvalue weighted by Gasteiger charge is 2.26. The summed E-state index contributed by atoms with van der Waals surface area (Å²) in [4.78, 5) is 15.9. The average Bonchev–Trinajstić information content (AvgIpc) is 3.08. The molecule has 0 fully saturated rings. The van der Waals surface area contributed by atoms with Crippen molar-refractivity contribution in [2.75, 3.05) is 23.9 Å². The van der Waals surface area contributed by atoms with Crippen LogP contribution in [0.2, 0.25) is 0 Å². The van der Waals surface area contributed by atoms with Crippen LogP contribution in [0.5, 0.6) is 0 Å². The third kappa shape index (κ3) is 3.85. The summed E-state index contributed by atoms with van der Waals surface area (Å²) in [6.45, 7) is 4.98. The largest absolute Gasteiger partial charge is 0.465 e. The second-order valence-electron chi connectivity index (χ2n) is 7.41. The van der Waals surface area contributed by atoms with Crippen LogP contribution in [0.1, 0.15) is 32.8 Å². The molecule has 0 amide bonds. The molecule has 0 aliphatic carbocycles. The molecule has 0 saturated heterocycles. The highest BCUT2D eigenvalue weighted by molar-refractivity contribution is 7.80. The minimum Gasteiger partial charge on any atom is -0.465 e. The summed E-state index contributed by atoms with van der Waals surface area (Å²) >= 11 is 7.32. The van der Waals surface area contributed by atoms with E-state index in [4.69, 9.17) is 17.0 Å². The zero-order valence-corrected chi connectivity index (χ0v) is 19.0. The molecule has 3 aromatic rings. The van der Waals surface area contributed by atoms with Crippen LogP contribution >= 0.6 is 23.6 Å². The maximum Gasteiger partial charge on any atom is 0.341 e. The van der Waals surface area contributed by atoms with E-state index in [2.05, 4.69) is 35.3 Å². The van der Waals surface area contributed by atoms with Crippen LogP contribution in [0, 0.1) is 13.8 Å². The number of methoxy groups -OCH3 is 1. The van der Waals surface area contributed by atoms with Gasteiger partial charge in [0.25, 0.3) is 0 Å². The summed E-state index contributed by atoms with van der Waals surface area (Å²) in [5, 5.41) is 4.68. The number of thiophene rings is 1. The fourth-order valence-corrected chi connectivity index (χ4v) is 5.40. The van der Waals surface area contributed by atoms with Crippen molar-refractivity contribution in [3.63, 3.8) is 0 Å². The van der Waals surface area contributed by atoms with E-state index in [1.807, 2.05) is 37.3 Å². The standard InChI is InChI=1S/C24H24N2O2S2/c1-15-11-12-19-18(14-15)10-7-13-26(19)24(29)25-22-21(23(27)28-3)20(16(2)30-22)17-8-5-4-6-9-17/h4-6,8-9,11-12,14H,7,10,13H2,1-3H3,(H,25,29). The monoisotopic (exact) mass is 436 g/mol. The third-order valence-electron chi connectivity index (χ3n) is 5.36. The van der Waals surface area contributed by atoms with Gasteiger partial charge in [0.2, 0.25) is 0 Å². The molecule has 1 aliphatic rings. The number of aryl methyl sites for hydroxylation is 3. The van der Waals surface area contributed by atoms with Crippen LogP contribution < -0.4 is 10.2 Å². The number of nitrogens with one attached hydrogen (secondary N) is 1. The second-order valence-corrected chi connectivity index (χ2v) is 9.02. The zero-order chi connectivity index (χ0) is 21.3. The van der Waals surface area contributed by atoms with Crippen LogP contribution in [-0.2, 0) is 11.2 Å². The number of esters is 1. The number of anilines is 2. The van der Waals surface area contributed by atoms with Crippen LogP contribution in [0.25, 0.3) is 11.1 Å². The highest BCUT2D eigenvalue weighted by Crippen LogP contribution is 2.41. The van der Waals surface area contributed by atoms with E-state index >= 15 is 0 Å². The number of hydrogen-bond acceptors (Lipinski definition) is 4. The minimum atomic E-state index is -0.363. The molecule has 0 spiro atoms. The van der Waals surface area contributed by atoms with Crippen LogP contribution in [-0.4, -0.2) is 24.7 Å². The summed E-state index contributed by atoms with van der Waals surface area (Å²) in [7, 11) is 1.41. The first kappa shape index (κ1) is 20.6. The summed E-state index contributed by atoms with van der Waals surface area (Å²) in [6.07, 6.45) is 2.10. The van der Waals surface area contributed by atoms with Crippen molar-refractivity contribution in [3.05, 3.63) is 70.1 Å². The van der Waals surface area contributed by atoms with Crippen LogP contribution in [0.15, 0.2) is 48.5 Å². The molecule has 4 rings (SSSR count). The van der Waals surface area contributed by atoms with Crippen molar-refractivity contribution in [3.8, 4) is 11.1 Å². The Morgan fingerprint density at radius 1 is 1.17 bits per heavy atom. The van der Waals surface area contributed by atoms with Crippen molar-refractivity contribution in [1.82, 2.24) is 0 Å². The number of rotatable bonds is 3. The van der Waals surface area contributed by atoms with Gasteiger partial charge in [0.05, 0.1) is 7.11 Å². The lowest BCUT2D eigenvalue weighted by atomic mass is 10.00. The number of nitrogens with zero attached hydrogens (tertiary/aromatic N) is 1. The van der Waals surface area contributed by atoms with Gasteiger partial charge in [0.1, 0.15) is 10.6 Å². The molecule has 0 atom stereocenters. The first-order chi connectivity index (χ1) is 14.5. The number of carbonyl (C=O) groups excluding carboxylic acids is 1. The van der Waals surface area contributed by atoms with Gasteiger partial charge in [0, 0.05) is 22.7 Å². The van der Waals surface area contributed by atoms with Gasteiger partial charge in [-0.25, -0.2) is 4.79 Å². The Balaban J connectivity index is 1.71. The van der Waals surface area contributed by atoms with Crippen molar-refractivity contribution >= 4 is 45.3 Å². The summed E-state index contributed by atoms with van der Waals surface area (Å²) in [6, 6.07) is 16.4. The fourth-order valence-electron chi connectivity index (χ4n) is 3.98. The molecule has 6 heteroatoms. The number of ether oxygens (including phenoxy) is 1. The Morgan fingerprint density at radius 3 is 2.67 bits per heavy atom. The lowest BCUT2D eigenvalue weighted by molar-refractivity contribution is 0.0603. The average molecular weight is 437 g/mol. The van der Waals surface area contributed by atoms with E-state index in [9.17, 15) is 4.79 Å². The first-order valence-corrected chi connectivity index (χ1v) is 11.2. The SMILES string of the molecule is COC(=O)c1c(NC(=S)N2CCCc3cc(C)ccc32)sc(C)c1-c1ccccc1. The van der Waals surface area contributed by atoms with Crippen molar-refractivity contribution in [2.24, 2.45) is 0 Å². The Morgan fingerprint density at radius 2 is 1.93 bits per heavy atom. The molecule has 0 saturated carbocycles. The lowest BCUT2D eigenvalue weighted by Crippen LogP contribution is -2.38. The predicted octanol–water partition coefficient (Wildman–Crippen LogP) is 5.97. The predicted molar refractivity (Wildman–Crippen MR) is 129 cm³/mol. The molecular formula is C24H24N2O2S2. The van der Waals surface area contributed by atoms with Gasteiger partial charge < -0.3 is 15.0 Å². The molecule has 2 heterocycles. The lowest BCUT2D eigenvalue weighted by Gasteiger charge is -2.32. The summed E-state index contributed by atoms with van der Waals surface area (Å²) in [5.41, 5.74) is 6.13. The number of thiocarbonyl (C=S) groups is 1. The molecule has 2 aromatic carbocycles. The number of benzene rings is 2. The molecule has 1 aliphatic heterocycles. The molecule has 154 valence electrons. The first-order valence-electron chi connectivity index (χ1n) is 9.94. The summed E-state index contributed by atoms with van der Waals surface area (Å²) < 4.78 is 5.12. The molecule has 1 N–H and O–H groups in total. The van der Waals surface area contributed by atoms with Gasteiger partial charge in [-0.2, -0.15) is 0 Å². The number of fused-ring (bicyclic) bond motifs is 1. The minimum absolute atomic E-state index is 0.363. The van der Waals surface area contributed by atoms with Gasteiger partial charge in [-0.05, 0) is 56.1 Å². The van der Waals surface area contributed by atoms with Crippen molar-refractivity contribution in [2.45, 2.75) is 26.7 Å². The van der Waals surface area contributed by atoms with Crippen molar-refractivity contribution in [1.29, 1.82) is 0 Å². The maximum atomic E-state index is 12.7. The molecule has 0 bridgehead atoms. The third-order valence-corrected chi connectivity index (χ3v) is 6.70. The van der Waals surface area contributed by atoms with Crippen LogP contribution in [0.4, 0.5) is 10.7 Å². The highest BCUT2D eigenvalue weighted by atomic mass is 32.1. The number of carbonyl (C=O) groups is 1. The Bertz CT molecular complexity index is 1110. The molecular weight excluding hydrogens is 412 g/mol. The van der Waals surface area contributed by atoms with E-state index in [0.29, 0.717) is 10.7 Å². The van der Waals surface area contributed by atoms with E-state index in [-0.39, 0.29) is 5.97 Å². The Kier molecular flexibility index (Phi) is 5.88. The maximum absolute atomic E-state index is 12.7. The van der Waals surface area contributed by atoms with Gasteiger partial charge in [-0.15, -0.1) is 11.3 Å². The quantitative estimate of drug-likeness (QED) is 0.405. The zero-order valence-electron chi connectivity index (χ0n) is 17.3. The molecule has 30 heavy (non-hydrogen) atoms. The van der Waals surface area contributed by atoms with Crippen LogP contribution in [0.3, 0.4) is 0 Å². The normalized spacial score (nSPS) is 13.0. The van der Waals surface area contributed by atoms with E-state index < -0.39 is 0 Å². The smallest absolute Gasteiger partial charge is 0.341 e. The van der Waals surface area contributed by atoms with E-state index in [1.165, 1.54) is 29.6 Å². The fraction of sp³-hybridized carbons (Fsp3) is 0.250. The van der Waals surface area contributed by atoms with Gasteiger partial charge >= 0.3 is 5.97 Å². The van der Waals surface area contributed by atoms with E-state index in [1.54, 1.807) is 0 Å². The molecule has 4 nitrogen and oxygen atoms in total. The van der Waals surface area contributed by atoms with E-state index in [0.717, 1.165) is 46.1 Å². The van der Waals surface area contributed by atoms with Gasteiger partial charge in [0.15, 0.2) is 5.11 Å². The van der Waals surface area contributed by atoms with Crippen molar-refractivity contribution < 1.29 is 9.53 Å².